The topological polar surface area (TPSA) is 70.7 Å². The smallest absolute Gasteiger partial charge is 0.145 e. The summed E-state index contributed by atoms with van der Waals surface area (Å²) in [6.45, 7) is 2.09. The Morgan fingerprint density at radius 3 is 2.72 bits per heavy atom. The van der Waals surface area contributed by atoms with Crippen LogP contribution in [0.1, 0.15) is 24.8 Å². The molecule has 5 nitrogen and oxygen atoms in total. The lowest BCUT2D eigenvalue weighted by Gasteiger charge is -2.28. The van der Waals surface area contributed by atoms with E-state index in [1.807, 2.05) is 42.5 Å². The summed E-state index contributed by atoms with van der Waals surface area (Å²) < 4.78 is 3.12. The van der Waals surface area contributed by atoms with Crippen LogP contribution in [0.25, 0.3) is 22.4 Å². The minimum Gasteiger partial charge on any atom is -0.322 e. The van der Waals surface area contributed by atoms with Crippen LogP contribution in [0.3, 0.4) is 0 Å². The second kappa shape index (κ2) is 7.08. The molecule has 3 aromatic rings. The Morgan fingerprint density at radius 1 is 1.28 bits per heavy atom. The van der Waals surface area contributed by atoms with Crippen LogP contribution in [-0.2, 0) is 11.3 Å². The molecule has 1 aromatic heterocycles. The molecule has 1 aliphatic carbocycles. The SMILES string of the molecule is N#Cc1cccc2nc(-c3ccc(Br)cc3)n(C[C@]3(C(=O)C4CC4)CCNC3)c12. The number of halogens is 1. The maximum absolute atomic E-state index is 13.3. The summed E-state index contributed by atoms with van der Waals surface area (Å²) >= 11 is 3.49. The number of fused-ring (bicyclic) bond motifs is 1. The number of para-hydroxylation sites is 1. The molecule has 1 saturated heterocycles. The second-order valence-electron chi connectivity index (χ2n) is 8.16. The summed E-state index contributed by atoms with van der Waals surface area (Å²) in [5.74, 6) is 1.39. The van der Waals surface area contributed by atoms with Gasteiger partial charge in [0.1, 0.15) is 17.7 Å². The number of Topliss-reactive ketones (excluding diaryl/α,β-unsaturated/α-hetero) is 1. The standard InChI is InChI=1S/C23H21BrN4O/c24-18-8-6-16(7-9-18)22-27-19-3-1-2-17(12-25)20(19)28(22)14-23(10-11-26-13-23)21(29)15-4-5-15/h1-3,6-9,15,26H,4-5,10-11,13-14H2/t23-/m0/s1. The summed E-state index contributed by atoms with van der Waals surface area (Å²) in [5.41, 5.74) is 2.76. The quantitative estimate of drug-likeness (QED) is 0.631. The van der Waals surface area contributed by atoms with Crippen molar-refractivity contribution in [3.63, 3.8) is 0 Å². The first kappa shape index (κ1) is 18.5. The van der Waals surface area contributed by atoms with E-state index in [-0.39, 0.29) is 5.92 Å². The second-order valence-corrected chi connectivity index (χ2v) is 9.07. The molecule has 146 valence electrons. The van der Waals surface area contributed by atoms with Gasteiger partial charge in [0, 0.05) is 29.0 Å². The Morgan fingerprint density at radius 2 is 2.07 bits per heavy atom. The lowest BCUT2D eigenvalue weighted by Crippen LogP contribution is -2.39. The number of hydrogen-bond donors (Lipinski definition) is 1. The third-order valence-corrected chi connectivity index (χ3v) is 6.69. The van der Waals surface area contributed by atoms with E-state index in [0.29, 0.717) is 24.4 Å². The number of hydrogen-bond acceptors (Lipinski definition) is 4. The van der Waals surface area contributed by atoms with Gasteiger partial charge in [-0.05, 0) is 50.1 Å². The molecule has 1 aliphatic heterocycles. The van der Waals surface area contributed by atoms with Gasteiger partial charge in [0.2, 0.25) is 0 Å². The van der Waals surface area contributed by atoms with E-state index in [1.54, 1.807) is 0 Å². The maximum Gasteiger partial charge on any atom is 0.145 e. The predicted molar refractivity (Wildman–Crippen MR) is 115 cm³/mol. The lowest BCUT2D eigenvalue weighted by molar-refractivity contribution is -0.129. The maximum atomic E-state index is 13.3. The molecule has 0 unspecified atom stereocenters. The van der Waals surface area contributed by atoms with E-state index in [4.69, 9.17) is 4.98 Å². The fraction of sp³-hybridized carbons (Fsp3) is 0.348. The number of nitriles is 1. The Labute approximate surface area is 177 Å². The van der Waals surface area contributed by atoms with Crippen LogP contribution < -0.4 is 5.32 Å². The van der Waals surface area contributed by atoms with Crippen molar-refractivity contribution in [1.29, 1.82) is 5.26 Å². The number of ketones is 1. The average molecular weight is 449 g/mol. The van der Waals surface area contributed by atoms with E-state index in [0.717, 1.165) is 52.7 Å². The van der Waals surface area contributed by atoms with Crippen LogP contribution >= 0.6 is 15.9 Å². The summed E-state index contributed by atoms with van der Waals surface area (Å²) in [4.78, 5) is 18.2. The minimum atomic E-state index is -0.429. The zero-order valence-electron chi connectivity index (χ0n) is 16.0. The molecule has 0 amide bonds. The number of benzene rings is 2. The van der Waals surface area contributed by atoms with Gasteiger partial charge in [0.05, 0.1) is 22.0 Å². The highest BCUT2D eigenvalue weighted by Crippen LogP contribution is 2.42. The molecule has 0 radical (unpaired) electrons. The van der Waals surface area contributed by atoms with Gasteiger partial charge in [-0.3, -0.25) is 4.79 Å². The molecule has 29 heavy (non-hydrogen) atoms. The Kier molecular flexibility index (Phi) is 4.53. The molecular formula is C23H21BrN4O. The van der Waals surface area contributed by atoms with Crippen LogP contribution in [0.5, 0.6) is 0 Å². The summed E-state index contributed by atoms with van der Waals surface area (Å²) in [5, 5.41) is 13.1. The van der Waals surface area contributed by atoms with Gasteiger partial charge in [0.25, 0.3) is 0 Å². The number of aromatic nitrogens is 2. The fourth-order valence-electron chi connectivity index (χ4n) is 4.50. The van der Waals surface area contributed by atoms with Crippen LogP contribution in [0.4, 0.5) is 0 Å². The normalized spacial score (nSPS) is 21.4. The van der Waals surface area contributed by atoms with Gasteiger partial charge in [0.15, 0.2) is 0 Å². The van der Waals surface area contributed by atoms with Crippen LogP contribution in [0, 0.1) is 22.7 Å². The van der Waals surface area contributed by atoms with Crippen molar-refractivity contribution in [2.75, 3.05) is 13.1 Å². The van der Waals surface area contributed by atoms with Gasteiger partial charge in [-0.2, -0.15) is 5.26 Å². The molecule has 2 aliphatic rings. The van der Waals surface area contributed by atoms with E-state index < -0.39 is 5.41 Å². The van der Waals surface area contributed by atoms with Crippen LogP contribution in [0.15, 0.2) is 46.9 Å². The third-order valence-electron chi connectivity index (χ3n) is 6.16. The van der Waals surface area contributed by atoms with Gasteiger partial charge >= 0.3 is 0 Å². The first-order valence-corrected chi connectivity index (χ1v) is 10.8. The summed E-state index contributed by atoms with van der Waals surface area (Å²) in [6.07, 6.45) is 2.85. The largest absolute Gasteiger partial charge is 0.322 e. The Hall–Kier alpha value is -2.49. The van der Waals surface area contributed by atoms with E-state index in [2.05, 4.69) is 31.9 Å². The molecule has 1 N–H and O–H groups in total. The first-order chi connectivity index (χ1) is 14.1. The van der Waals surface area contributed by atoms with Crippen molar-refractivity contribution in [3.8, 4) is 17.5 Å². The van der Waals surface area contributed by atoms with Gasteiger partial charge in [-0.15, -0.1) is 0 Å². The molecule has 0 spiro atoms. The molecule has 2 fully saturated rings. The number of carbonyl (C=O) groups excluding carboxylic acids is 1. The van der Waals surface area contributed by atoms with Crippen molar-refractivity contribution in [2.24, 2.45) is 11.3 Å². The third kappa shape index (κ3) is 3.19. The number of nitrogens with zero attached hydrogens (tertiary/aromatic N) is 3. The molecule has 1 atom stereocenters. The highest BCUT2D eigenvalue weighted by Gasteiger charge is 2.48. The number of nitrogens with one attached hydrogen (secondary N) is 1. The molecule has 2 heterocycles. The van der Waals surface area contributed by atoms with Crippen LogP contribution in [0.2, 0.25) is 0 Å². The average Bonchev–Trinajstić information content (AvgIpc) is 3.38. The molecular weight excluding hydrogens is 428 g/mol. The molecule has 0 bridgehead atoms. The Balaban J connectivity index is 1.70. The van der Waals surface area contributed by atoms with Crippen molar-refractivity contribution in [1.82, 2.24) is 14.9 Å². The van der Waals surface area contributed by atoms with Crippen molar-refractivity contribution < 1.29 is 4.79 Å². The zero-order valence-corrected chi connectivity index (χ0v) is 17.6. The fourth-order valence-corrected chi connectivity index (χ4v) is 4.76. The molecule has 2 aromatic carbocycles. The minimum absolute atomic E-state index is 0.205. The highest BCUT2D eigenvalue weighted by atomic mass is 79.9. The molecule has 1 saturated carbocycles. The van der Waals surface area contributed by atoms with Gasteiger partial charge in [-0.25, -0.2) is 4.98 Å². The summed E-state index contributed by atoms with van der Waals surface area (Å²) in [7, 11) is 0. The highest BCUT2D eigenvalue weighted by molar-refractivity contribution is 9.10. The monoisotopic (exact) mass is 448 g/mol. The zero-order chi connectivity index (χ0) is 20.0. The van der Waals surface area contributed by atoms with E-state index in [9.17, 15) is 10.1 Å². The lowest BCUT2D eigenvalue weighted by atomic mass is 9.80. The Bertz CT molecular complexity index is 1130. The summed E-state index contributed by atoms with van der Waals surface area (Å²) in [6, 6.07) is 16.0. The number of carbonyl (C=O) groups is 1. The molecule has 5 rings (SSSR count). The van der Waals surface area contributed by atoms with E-state index >= 15 is 0 Å². The molecule has 6 heteroatoms. The number of rotatable bonds is 5. The van der Waals surface area contributed by atoms with Crippen LogP contribution in [-0.4, -0.2) is 28.4 Å². The van der Waals surface area contributed by atoms with Gasteiger partial charge < -0.3 is 9.88 Å². The van der Waals surface area contributed by atoms with E-state index in [1.165, 1.54) is 0 Å². The van der Waals surface area contributed by atoms with Crippen molar-refractivity contribution >= 4 is 32.7 Å². The first-order valence-electron chi connectivity index (χ1n) is 10.0. The van der Waals surface area contributed by atoms with Gasteiger partial charge in [-0.1, -0.05) is 34.1 Å². The number of imidazole rings is 1. The van der Waals surface area contributed by atoms with Crippen molar-refractivity contribution in [3.05, 3.63) is 52.5 Å². The predicted octanol–water partition coefficient (Wildman–Crippen LogP) is 4.30. The van der Waals surface area contributed by atoms with Crippen molar-refractivity contribution in [2.45, 2.75) is 25.8 Å².